The molecule has 0 bridgehead atoms. The highest BCUT2D eigenvalue weighted by molar-refractivity contribution is 7.26. The van der Waals surface area contributed by atoms with Crippen LogP contribution in [0.2, 0.25) is 0 Å². The number of aromatic nitrogens is 9. The maximum absolute atomic E-state index is 5.41. The predicted molar refractivity (Wildman–Crippen MR) is 528 cm³/mol. The van der Waals surface area contributed by atoms with E-state index in [0.717, 1.165) is 89.6 Å². The zero-order valence-electron chi connectivity index (χ0n) is 67.8. The zero-order valence-corrected chi connectivity index (χ0v) is 69.5. The van der Waals surface area contributed by atoms with E-state index in [1.54, 1.807) is 0 Å². The van der Waals surface area contributed by atoms with Crippen LogP contribution in [0.15, 0.2) is 431 Å². The van der Waals surface area contributed by atoms with Crippen molar-refractivity contribution in [3.05, 3.63) is 431 Å². The van der Waals surface area contributed by atoms with Gasteiger partial charge in [-0.3, -0.25) is 0 Å². The molecule has 0 atom stereocenters. The van der Waals surface area contributed by atoms with Gasteiger partial charge in [0.1, 0.15) is 0 Å². The average molecular weight is 1640 g/mol. The van der Waals surface area contributed by atoms with E-state index in [2.05, 4.69) is 388 Å². The molecule has 9 nitrogen and oxygen atoms in total. The highest BCUT2D eigenvalue weighted by Gasteiger charge is 2.26. The van der Waals surface area contributed by atoms with Gasteiger partial charge in [-0.15, -0.1) is 22.7 Å². The molecule has 0 amide bonds. The Kier molecular flexibility index (Phi) is 17.1. The fraction of sp³-hybridized carbons (Fsp3) is 0. The largest absolute Gasteiger partial charge is 0.309 e. The molecule has 8 aromatic heterocycles. The van der Waals surface area contributed by atoms with E-state index in [0.29, 0.717) is 23.3 Å². The van der Waals surface area contributed by atoms with Crippen LogP contribution in [-0.2, 0) is 0 Å². The average Bonchev–Trinajstić information content (AvgIpc) is 1.54. The van der Waals surface area contributed by atoms with Crippen molar-refractivity contribution in [1.82, 2.24) is 43.2 Å². The third-order valence-electron chi connectivity index (χ3n) is 24.9. The van der Waals surface area contributed by atoms with Gasteiger partial charge in [0.2, 0.25) is 0 Å². The summed E-state index contributed by atoms with van der Waals surface area (Å²) in [6, 6.07) is 154. The summed E-state index contributed by atoms with van der Waals surface area (Å²) in [5.41, 5.74) is 26.2. The quantitative estimate of drug-likeness (QED) is 0.122. The molecule has 0 N–H and O–H groups in total. The molecule has 0 spiro atoms. The van der Waals surface area contributed by atoms with Crippen molar-refractivity contribution < 1.29 is 0 Å². The number of fused-ring (bicyclic) bond motifs is 18. The minimum Gasteiger partial charge on any atom is -0.309 e. The number of hydrogen-bond acceptors (Lipinski definition) is 7. The zero-order chi connectivity index (χ0) is 82.9. The van der Waals surface area contributed by atoms with Gasteiger partial charge < -0.3 is 18.3 Å². The van der Waals surface area contributed by atoms with Crippen molar-refractivity contribution in [1.29, 1.82) is 0 Å². The number of rotatable bonds is 12. The Balaban J connectivity index is 0.000000137. The van der Waals surface area contributed by atoms with Crippen LogP contribution >= 0.6 is 22.7 Å². The summed E-state index contributed by atoms with van der Waals surface area (Å²) in [6.45, 7) is 0. The van der Waals surface area contributed by atoms with Crippen LogP contribution in [0, 0.1) is 0 Å². The Bertz CT molecular complexity index is 8690. The summed E-state index contributed by atoms with van der Waals surface area (Å²) in [4.78, 5) is 25.8. The summed E-state index contributed by atoms with van der Waals surface area (Å²) in [5.74, 6) is 2.64. The summed E-state index contributed by atoms with van der Waals surface area (Å²) in [7, 11) is 0. The second-order valence-electron chi connectivity index (χ2n) is 32.2. The van der Waals surface area contributed by atoms with Gasteiger partial charge in [0.15, 0.2) is 23.3 Å². The van der Waals surface area contributed by atoms with Gasteiger partial charge in [0, 0.05) is 145 Å². The first-order valence-electron chi connectivity index (χ1n) is 42.5. The maximum atomic E-state index is 5.41. The molecule has 0 aliphatic carbocycles. The van der Waals surface area contributed by atoms with Crippen LogP contribution in [0.5, 0.6) is 0 Å². The third kappa shape index (κ3) is 12.1. The first-order valence-corrected chi connectivity index (χ1v) is 44.1. The molecular weight excluding hydrogens is 1570 g/mol. The van der Waals surface area contributed by atoms with Crippen molar-refractivity contribution >= 4 is 150 Å². The molecule has 0 aliphatic heterocycles. The van der Waals surface area contributed by atoms with Gasteiger partial charge in [-0.2, -0.15) is 0 Å². The fourth-order valence-electron chi connectivity index (χ4n) is 19.1. The predicted octanol–water partition coefficient (Wildman–Crippen LogP) is 30.8. The Hall–Kier alpha value is -16.3. The van der Waals surface area contributed by atoms with Crippen molar-refractivity contribution in [2.75, 3.05) is 0 Å². The van der Waals surface area contributed by atoms with Gasteiger partial charge in [-0.25, -0.2) is 24.9 Å². The topological polar surface area (TPSA) is 84.2 Å². The SMILES string of the molecule is c1ccc(-c2ccc3c4cc5c6ccccc6n(-c6ccccc6)c5cc4n(-c4cc(-c5nc(-c6ccccc6)cc(-c6ccccc6)n5)c5sc6ccccc6c5c4)c3c2)cc1.c1ccc(-c2nc(-c3ccccc3)nc(-c3ccc(-c4cc(-n5c6ccccc6c6cc7c8ccccc8n(-c8ccccc8)c7cc65)cc5c4sc4ccccc45)cc3)n2)cc1. The fourth-order valence-corrected chi connectivity index (χ4v) is 21.5. The summed E-state index contributed by atoms with van der Waals surface area (Å²) < 4.78 is 14.7. The first-order chi connectivity index (χ1) is 62.5. The van der Waals surface area contributed by atoms with E-state index in [9.17, 15) is 0 Å². The van der Waals surface area contributed by atoms with E-state index in [4.69, 9.17) is 24.9 Å². The molecule has 26 aromatic rings. The van der Waals surface area contributed by atoms with Gasteiger partial charge >= 0.3 is 0 Å². The molecule has 126 heavy (non-hydrogen) atoms. The van der Waals surface area contributed by atoms with Gasteiger partial charge in [-0.1, -0.05) is 315 Å². The van der Waals surface area contributed by atoms with Crippen molar-refractivity contribution in [3.8, 4) is 113 Å². The van der Waals surface area contributed by atoms with Gasteiger partial charge in [0.05, 0.1) is 55.5 Å². The molecular formula is C115H71N9S2. The second-order valence-corrected chi connectivity index (χ2v) is 34.3. The molecule has 0 radical (unpaired) electrons. The lowest BCUT2D eigenvalue weighted by molar-refractivity contribution is 1.07. The highest BCUT2D eigenvalue weighted by Crippen LogP contribution is 2.49. The molecule has 11 heteroatoms. The van der Waals surface area contributed by atoms with Crippen molar-refractivity contribution in [2.24, 2.45) is 0 Å². The Morgan fingerprint density at radius 2 is 0.468 bits per heavy atom. The Labute approximate surface area is 731 Å². The standard InChI is InChI=1S/C58H36N4S.C57H35N5S/c1-5-17-37(18-6-1)40-29-30-44-47-34-46-43-25-13-15-27-52(43)61(41-23-11-4-12-24-41)54(46)36-55(47)62(53(44)31-40)42-32-48-45-26-14-16-28-56(45)63-57(48)49(33-42)58-59-50(38-19-7-2-8-20-38)35-51(60-58)39-21-9-3-10-22-39;1-4-16-37(17-5-1)55-58-56(38-18-6-2-7-19-38)60-57(59-55)39-30-28-36(29-31-39)45-32-41(33-48-44-24-12-15-27-53(44)63-54(45)48)62-50-26-14-11-23-43(50)47-34-46-42-22-10-13-25-49(42)61(51(46)35-52(47)62)40-20-8-3-9-21-40/h1-36H;1-35H. The van der Waals surface area contributed by atoms with Crippen LogP contribution in [0.3, 0.4) is 0 Å². The summed E-state index contributed by atoms with van der Waals surface area (Å²) in [6.07, 6.45) is 0. The lowest BCUT2D eigenvalue weighted by Crippen LogP contribution is -2.00. The molecule has 0 fully saturated rings. The van der Waals surface area contributed by atoms with Crippen LogP contribution < -0.4 is 0 Å². The first kappa shape index (κ1) is 72.5. The number of hydrogen-bond donors (Lipinski definition) is 0. The maximum Gasteiger partial charge on any atom is 0.164 e. The minimum atomic E-state index is 0.638. The Morgan fingerprint density at radius 3 is 0.905 bits per heavy atom. The molecule has 18 aromatic carbocycles. The van der Waals surface area contributed by atoms with E-state index >= 15 is 0 Å². The van der Waals surface area contributed by atoms with Crippen LogP contribution in [-0.4, -0.2) is 43.2 Å². The molecule has 0 saturated carbocycles. The molecule has 8 heterocycles. The Morgan fingerprint density at radius 1 is 0.159 bits per heavy atom. The monoisotopic (exact) mass is 1640 g/mol. The normalized spacial score (nSPS) is 11.8. The number of para-hydroxylation sites is 5. The van der Waals surface area contributed by atoms with E-state index in [1.165, 1.54) is 128 Å². The molecule has 0 unspecified atom stereocenters. The lowest BCUT2D eigenvalue weighted by Gasteiger charge is -2.14. The smallest absolute Gasteiger partial charge is 0.164 e. The lowest BCUT2D eigenvalue weighted by atomic mass is 10.00. The van der Waals surface area contributed by atoms with Crippen LogP contribution in [0.25, 0.3) is 241 Å². The van der Waals surface area contributed by atoms with Crippen LogP contribution in [0.1, 0.15) is 0 Å². The van der Waals surface area contributed by atoms with E-state index < -0.39 is 0 Å². The number of nitrogens with zero attached hydrogens (tertiary/aromatic N) is 9. The minimum absolute atomic E-state index is 0.638. The van der Waals surface area contributed by atoms with Crippen LogP contribution in [0.4, 0.5) is 0 Å². The van der Waals surface area contributed by atoms with Gasteiger partial charge in [0.25, 0.3) is 0 Å². The number of benzene rings is 18. The number of thiophene rings is 2. The van der Waals surface area contributed by atoms with Gasteiger partial charge in [-0.05, 0) is 132 Å². The summed E-state index contributed by atoms with van der Waals surface area (Å²) in [5, 5.41) is 14.7. The molecule has 0 aliphatic rings. The van der Waals surface area contributed by atoms with E-state index in [-0.39, 0.29) is 0 Å². The molecule has 588 valence electrons. The van der Waals surface area contributed by atoms with E-state index in [1.807, 2.05) is 83.3 Å². The summed E-state index contributed by atoms with van der Waals surface area (Å²) >= 11 is 3.66. The van der Waals surface area contributed by atoms with Crippen molar-refractivity contribution in [3.63, 3.8) is 0 Å². The van der Waals surface area contributed by atoms with Crippen molar-refractivity contribution in [2.45, 2.75) is 0 Å². The highest BCUT2D eigenvalue weighted by atomic mass is 32.1. The third-order valence-corrected chi connectivity index (χ3v) is 27.3. The molecule has 0 saturated heterocycles. The second kappa shape index (κ2) is 29.8. The molecule has 26 rings (SSSR count).